The lowest BCUT2D eigenvalue weighted by Crippen LogP contribution is -1.98. The number of rotatable bonds is 4. The standard InChI is InChI=1S/C17H20O2/c1-12-4-5-16(13(2)10-12)11-19-17-8-6-15(7-9-17)14(3)18/h4-10,14,18H,11H2,1-3H3. The number of aliphatic hydroxyl groups excluding tert-OH is 1. The van der Waals surface area contributed by atoms with Crippen LogP contribution in [0, 0.1) is 13.8 Å². The van der Waals surface area contributed by atoms with Gasteiger partial charge in [-0.25, -0.2) is 0 Å². The van der Waals surface area contributed by atoms with Gasteiger partial charge in [-0.05, 0) is 49.6 Å². The molecule has 1 N–H and O–H groups in total. The molecule has 0 amide bonds. The summed E-state index contributed by atoms with van der Waals surface area (Å²) in [6, 6.07) is 13.9. The maximum absolute atomic E-state index is 9.44. The molecule has 0 bridgehead atoms. The predicted molar refractivity (Wildman–Crippen MR) is 77.3 cm³/mol. The first-order chi connectivity index (χ1) is 9.06. The Morgan fingerprint density at radius 1 is 1.05 bits per heavy atom. The van der Waals surface area contributed by atoms with Gasteiger partial charge in [0.05, 0.1) is 6.10 Å². The van der Waals surface area contributed by atoms with Crippen molar-refractivity contribution in [1.82, 2.24) is 0 Å². The van der Waals surface area contributed by atoms with Gasteiger partial charge < -0.3 is 9.84 Å². The number of hydrogen-bond acceptors (Lipinski definition) is 2. The summed E-state index contributed by atoms with van der Waals surface area (Å²) in [6.45, 7) is 6.51. The van der Waals surface area contributed by atoms with E-state index in [0.717, 1.165) is 11.3 Å². The van der Waals surface area contributed by atoms with Crippen LogP contribution in [0.3, 0.4) is 0 Å². The van der Waals surface area contributed by atoms with E-state index >= 15 is 0 Å². The summed E-state index contributed by atoms with van der Waals surface area (Å²) in [5, 5.41) is 9.44. The largest absolute Gasteiger partial charge is 0.489 e. The quantitative estimate of drug-likeness (QED) is 0.898. The van der Waals surface area contributed by atoms with Gasteiger partial charge in [-0.3, -0.25) is 0 Å². The van der Waals surface area contributed by atoms with E-state index in [9.17, 15) is 5.11 Å². The molecule has 0 aliphatic rings. The third-order valence-corrected chi connectivity index (χ3v) is 3.25. The molecule has 19 heavy (non-hydrogen) atoms. The molecule has 2 aromatic carbocycles. The normalized spacial score (nSPS) is 12.2. The zero-order valence-corrected chi connectivity index (χ0v) is 11.7. The minimum atomic E-state index is -0.437. The van der Waals surface area contributed by atoms with Gasteiger partial charge in [-0.1, -0.05) is 35.9 Å². The Hall–Kier alpha value is -1.80. The highest BCUT2D eigenvalue weighted by molar-refractivity contribution is 5.32. The summed E-state index contributed by atoms with van der Waals surface area (Å²) < 4.78 is 5.77. The number of aryl methyl sites for hydroxylation is 2. The van der Waals surface area contributed by atoms with Gasteiger partial charge in [0, 0.05) is 0 Å². The lowest BCUT2D eigenvalue weighted by atomic mass is 10.1. The third-order valence-electron chi connectivity index (χ3n) is 3.25. The van der Waals surface area contributed by atoms with E-state index in [0.29, 0.717) is 6.61 Å². The Kier molecular flexibility index (Phi) is 4.23. The SMILES string of the molecule is Cc1ccc(COc2ccc(C(C)O)cc2)c(C)c1. The van der Waals surface area contributed by atoms with Crippen LogP contribution in [-0.2, 0) is 6.61 Å². The first kappa shape index (κ1) is 13.6. The summed E-state index contributed by atoms with van der Waals surface area (Å²) in [7, 11) is 0. The molecule has 100 valence electrons. The maximum Gasteiger partial charge on any atom is 0.119 e. The molecule has 0 heterocycles. The van der Waals surface area contributed by atoms with Crippen molar-refractivity contribution in [1.29, 1.82) is 0 Å². The second-order valence-electron chi connectivity index (χ2n) is 4.96. The Morgan fingerprint density at radius 2 is 1.74 bits per heavy atom. The van der Waals surface area contributed by atoms with E-state index in [4.69, 9.17) is 4.74 Å². The van der Waals surface area contributed by atoms with Crippen LogP contribution in [0.15, 0.2) is 42.5 Å². The van der Waals surface area contributed by atoms with Crippen molar-refractivity contribution in [3.63, 3.8) is 0 Å². The fourth-order valence-electron chi connectivity index (χ4n) is 2.01. The van der Waals surface area contributed by atoms with Crippen LogP contribution >= 0.6 is 0 Å². The number of benzene rings is 2. The third kappa shape index (κ3) is 3.58. The van der Waals surface area contributed by atoms with Crippen molar-refractivity contribution in [2.75, 3.05) is 0 Å². The average molecular weight is 256 g/mol. The monoisotopic (exact) mass is 256 g/mol. The van der Waals surface area contributed by atoms with E-state index in [2.05, 4.69) is 32.0 Å². The average Bonchev–Trinajstić information content (AvgIpc) is 2.38. The second-order valence-corrected chi connectivity index (χ2v) is 4.96. The Labute approximate surface area is 114 Å². The molecule has 1 atom stereocenters. The van der Waals surface area contributed by atoms with E-state index in [1.54, 1.807) is 6.92 Å². The molecule has 0 radical (unpaired) electrons. The number of ether oxygens (including phenoxy) is 1. The molecule has 0 spiro atoms. The highest BCUT2D eigenvalue weighted by Crippen LogP contribution is 2.19. The van der Waals surface area contributed by atoms with Crippen molar-refractivity contribution >= 4 is 0 Å². The van der Waals surface area contributed by atoms with Gasteiger partial charge in [0.2, 0.25) is 0 Å². The molecular weight excluding hydrogens is 236 g/mol. The minimum Gasteiger partial charge on any atom is -0.489 e. The minimum absolute atomic E-state index is 0.437. The molecule has 2 aromatic rings. The van der Waals surface area contributed by atoms with Crippen molar-refractivity contribution in [2.24, 2.45) is 0 Å². The molecule has 0 saturated carbocycles. The Morgan fingerprint density at radius 3 is 2.32 bits per heavy atom. The molecule has 0 aliphatic carbocycles. The first-order valence-electron chi connectivity index (χ1n) is 6.53. The number of hydrogen-bond donors (Lipinski definition) is 1. The van der Waals surface area contributed by atoms with E-state index in [1.165, 1.54) is 16.7 Å². The molecule has 2 heteroatoms. The summed E-state index contributed by atoms with van der Waals surface area (Å²) in [6.07, 6.45) is -0.437. The van der Waals surface area contributed by atoms with Gasteiger partial charge in [0.1, 0.15) is 12.4 Å². The highest BCUT2D eigenvalue weighted by Gasteiger charge is 2.02. The molecule has 1 unspecified atom stereocenters. The molecule has 2 rings (SSSR count). The van der Waals surface area contributed by atoms with Crippen LogP contribution in [0.1, 0.15) is 35.3 Å². The summed E-state index contributed by atoms with van der Waals surface area (Å²) in [4.78, 5) is 0. The van der Waals surface area contributed by atoms with E-state index in [-0.39, 0.29) is 0 Å². The van der Waals surface area contributed by atoms with Crippen LogP contribution < -0.4 is 4.74 Å². The smallest absolute Gasteiger partial charge is 0.119 e. The number of aliphatic hydroxyl groups is 1. The molecule has 0 aromatic heterocycles. The van der Waals surface area contributed by atoms with Crippen LogP contribution in [0.5, 0.6) is 5.75 Å². The van der Waals surface area contributed by atoms with Crippen molar-refractivity contribution in [3.05, 3.63) is 64.7 Å². The lowest BCUT2D eigenvalue weighted by Gasteiger charge is -2.10. The molecule has 0 aliphatic heterocycles. The fourth-order valence-corrected chi connectivity index (χ4v) is 2.01. The lowest BCUT2D eigenvalue weighted by molar-refractivity contribution is 0.199. The summed E-state index contributed by atoms with van der Waals surface area (Å²) in [5.41, 5.74) is 4.62. The maximum atomic E-state index is 9.44. The van der Waals surface area contributed by atoms with Crippen molar-refractivity contribution in [3.8, 4) is 5.75 Å². The predicted octanol–water partition coefficient (Wildman–Crippen LogP) is 3.94. The van der Waals surface area contributed by atoms with Gasteiger partial charge in [-0.2, -0.15) is 0 Å². The van der Waals surface area contributed by atoms with E-state index in [1.807, 2.05) is 24.3 Å². The second kappa shape index (κ2) is 5.89. The Balaban J connectivity index is 2.02. The van der Waals surface area contributed by atoms with Crippen LogP contribution in [0.25, 0.3) is 0 Å². The van der Waals surface area contributed by atoms with Crippen LogP contribution in [-0.4, -0.2) is 5.11 Å². The summed E-state index contributed by atoms with van der Waals surface area (Å²) >= 11 is 0. The topological polar surface area (TPSA) is 29.5 Å². The molecular formula is C17H20O2. The van der Waals surface area contributed by atoms with Gasteiger partial charge in [0.15, 0.2) is 0 Å². The van der Waals surface area contributed by atoms with Crippen LogP contribution in [0.2, 0.25) is 0 Å². The molecule has 2 nitrogen and oxygen atoms in total. The molecule has 0 fully saturated rings. The van der Waals surface area contributed by atoms with Crippen molar-refractivity contribution < 1.29 is 9.84 Å². The van der Waals surface area contributed by atoms with E-state index < -0.39 is 6.10 Å². The van der Waals surface area contributed by atoms with Crippen molar-refractivity contribution in [2.45, 2.75) is 33.5 Å². The molecule has 0 saturated heterocycles. The van der Waals surface area contributed by atoms with Gasteiger partial charge in [-0.15, -0.1) is 0 Å². The Bertz CT molecular complexity index is 542. The summed E-state index contributed by atoms with van der Waals surface area (Å²) in [5.74, 6) is 0.823. The van der Waals surface area contributed by atoms with Crippen LogP contribution in [0.4, 0.5) is 0 Å². The zero-order chi connectivity index (χ0) is 13.8. The highest BCUT2D eigenvalue weighted by atomic mass is 16.5. The first-order valence-corrected chi connectivity index (χ1v) is 6.53. The fraction of sp³-hybridized carbons (Fsp3) is 0.294. The van der Waals surface area contributed by atoms with Gasteiger partial charge >= 0.3 is 0 Å². The zero-order valence-electron chi connectivity index (χ0n) is 11.7. The van der Waals surface area contributed by atoms with Gasteiger partial charge in [0.25, 0.3) is 0 Å².